The van der Waals surface area contributed by atoms with Gasteiger partial charge in [-0.05, 0) is 43.9 Å². The first kappa shape index (κ1) is 17.5. The van der Waals surface area contributed by atoms with Gasteiger partial charge in [0.05, 0.1) is 29.2 Å². The average molecular weight is 364 g/mol. The van der Waals surface area contributed by atoms with Gasteiger partial charge in [-0.15, -0.1) is 0 Å². The number of anilines is 1. The van der Waals surface area contributed by atoms with Crippen LogP contribution in [-0.2, 0) is 17.6 Å². The van der Waals surface area contributed by atoms with E-state index in [1.807, 2.05) is 50.3 Å². The minimum Gasteiger partial charge on any atom is -0.349 e. The lowest BCUT2D eigenvalue weighted by molar-refractivity contribution is -0.121. The third kappa shape index (κ3) is 3.63. The molecule has 1 aliphatic carbocycles. The van der Waals surface area contributed by atoms with Crippen LogP contribution in [0.25, 0.3) is 11.0 Å². The zero-order valence-corrected chi connectivity index (χ0v) is 15.9. The number of nitrogens with one attached hydrogen (secondary N) is 2. The molecule has 0 saturated carbocycles. The van der Waals surface area contributed by atoms with Crippen molar-refractivity contribution in [3.63, 3.8) is 0 Å². The highest BCUT2D eigenvalue weighted by atomic mass is 16.1. The summed E-state index contributed by atoms with van der Waals surface area (Å²) in [6, 6.07) is 5.89. The molecule has 27 heavy (non-hydrogen) atoms. The van der Waals surface area contributed by atoms with E-state index in [2.05, 4.69) is 25.3 Å². The average Bonchev–Trinajstić information content (AvgIpc) is 3.00. The molecular formula is C20H24N6O. The third-order valence-electron chi connectivity index (χ3n) is 4.93. The summed E-state index contributed by atoms with van der Waals surface area (Å²) in [7, 11) is 3.86. The Balaban J connectivity index is 1.48. The van der Waals surface area contributed by atoms with Crippen LogP contribution in [0.1, 0.15) is 41.5 Å². The van der Waals surface area contributed by atoms with Crippen LogP contribution in [0.2, 0.25) is 0 Å². The second kappa shape index (κ2) is 6.98. The fourth-order valence-electron chi connectivity index (χ4n) is 3.63. The maximum atomic E-state index is 12.6. The smallest absolute Gasteiger partial charge is 0.225 e. The van der Waals surface area contributed by atoms with E-state index in [1.165, 1.54) is 0 Å². The third-order valence-corrected chi connectivity index (χ3v) is 4.93. The molecule has 1 aromatic carbocycles. The number of imidazole rings is 1. The highest BCUT2D eigenvalue weighted by molar-refractivity contribution is 5.82. The first-order valence-electron chi connectivity index (χ1n) is 9.27. The summed E-state index contributed by atoms with van der Waals surface area (Å²) >= 11 is 0. The summed E-state index contributed by atoms with van der Waals surface area (Å²) in [5, 5.41) is 3.17. The first-order valence-corrected chi connectivity index (χ1v) is 9.27. The van der Waals surface area contributed by atoms with Crippen molar-refractivity contribution in [2.75, 3.05) is 19.0 Å². The molecule has 2 aromatic heterocycles. The number of hydrogen-bond acceptors (Lipinski definition) is 5. The molecule has 2 heterocycles. The highest BCUT2D eigenvalue weighted by Gasteiger charge is 2.24. The number of carbonyl (C=O) groups is 1. The van der Waals surface area contributed by atoms with Crippen LogP contribution >= 0.6 is 0 Å². The molecule has 0 aliphatic heterocycles. The van der Waals surface area contributed by atoms with Crippen molar-refractivity contribution in [3.05, 3.63) is 47.0 Å². The molecule has 4 rings (SSSR count). The predicted molar refractivity (Wildman–Crippen MR) is 105 cm³/mol. The van der Waals surface area contributed by atoms with Gasteiger partial charge in [-0.3, -0.25) is 4.79 Å². The molecule has 0 bridgehead atoms. The van der Waals surface area contributed by atoms with Crippen molar-refractivity contribution in [2.45, 2.75) is 38.6 Å². The fourth-order valence-corrected chi connectivity index (χ4v) is 3.63. The lowest BCUT2D eigenvalue weighted by atomic mass is 9.92. The SMILES string of the molecule is Cc1nc2ccc(CC(=O)N[C@H]3CCCc4nc(N(C)C)ncc43)cc2[nH]1. The number of amides is 1. The molecule has 1 amide bonds. The monoisotopic (exact) mass is 364 g/mol. The van der Waals surface area contributed by atoms with Crippen molar-refractivity contribution in [1.29, 1.82) is 0 Å². The van der Waals surface area contributed by atoms with Crippen LogP contribution in [0, 0.1) is 6.92 Å². The number of fused-ring (bicyclic) bond motifs is 2. The van der Waals surface area contributed by atoms with Gasteiger partial charge >= 0.3 is 0 Å². The van der Waals surface area contributed by atoms with Crippen molar-refractivity contribution in [3.8, 4) is 0 Å². The summed E-state index contributed by atoms with van der Waals surface area (Å²) in [5.74, 6) is 1.60. The Morgan fingerprint density at radius 1 is 1.33 bits per heavy atom. The first-order chi connectivity index (χ1) is 13.0. The molecule has 2 N–H and O–H groups in total. The second-order valence-corrected chi connectivity index (χ2v) is 7.33. The van der Waals surface area contributed by atoms with E-state index in [-0.39, 0.29) is 11.9 Å². The number of H-pyrrole nitrogens is 1. The Morgan fingerprint density at radius 3 is 3.00 bits per heavy atom. The Morgan fingerprint density at radius 2 is 2.19 bits per heavy atom. The van der Waals surface area contributed by atoms with E-state index in [4.69, 9.17) is 0 Å². The summed E-state index contributed by atoms with van der Waals surface area (Å²) in [4.78, 5) is 31.2. The lowest BCUT2D eigenvalue weighted by Crippen LogP contribution is -2.32. The summed E-state index contributed by atoms with van der Waals surface area (Å²) in [6.45, 7) is 1.93. The van der Waals surface area contributed by atoms with E-state index in [0.717, 1.165) is 52.9 Å². The van der Waals surface area contributed by atoms with Gasteiger partial charge < -0.3 is 15.2 Å². The Kier molecular flexibility index (Phi) is 4.51. The number of rotatable bonds is 4. The van der Waals surface area contributed by atoms with Crippen LogP contribution in [-0.4, -0.2) is 39.9 Å². The van der Waals surface area contributed by atoms with E-state index < -0.39 is 0 Å². The zero-order chi connectivity index (χ0) is 19.0. The van der Waals surface area contributed by atoms with Gasteiger partial charge in [0.15, 0.2) is 0 Å². The number of benzene rings is 1. The summed E-state index contributed by atoms with van der Waals surface area (Å²) in [6.07, 6.45) is 5.07. The highest BCUT2D eigenvalue weighted by Crippen LogP contribution is 2.29. The van der Waals surface area contributed by atoms with Crippen LogP contribution in [0.3, 0.4) is 0 Å². The number of hydrogen-bond donors (Lipinski definition) is 2. The van der Waals surface area contributed by atoms with Crippen molar-refractivity contribution in [1.82, 2.24) is 25.3 Å². The van der Waals surface area contributed by atoms with E-state index in [1.54, 1.807) is 0 Å². The van der Waals surface area contributed by atoms with E-state index >= 15 is 0 Å². The maximum Gasteiger partial charge on any atom is 0.225 e. The van der Waals surface area contributed by atoms with Crippen molar-refractivity contribution >= 4 is 22.9 Å². The Labute approximate surface area is 158 Å². The zero-order valence-electron chi connectivity index (χ0n) is 15.9. The van der Waals surface area contributed by atoms with Gasteiger partial charge in [0.2, 0.25) is 11.9 Å². The Hall–Kier alpha value is -2.96. The predicted octanol–water partition coefficient (Wildman–Crippen LogP) is 2.46. The van der Waals surface area contributed by atoms with Gasteiger partial charge in [0, 0.05) is 25.9 Å². The van der Waals surface area contributed by atoms with Crippen molar-refractivity contribution < 1.29 is 4.79 Å². The largest absolute Gasteiger partial charge is 0.349 e. The number of aromatic nitrogens is 4. The van der Waals surface area contributed by atoms with Gasteiger partial charge in [0.25, 0.3) is 0 Å². The van der Waals surface area contributed by atoms with Crippen LogP contribution in [0.15, 0.2) is 24.4 Å². The number of carbonyl (C=O) groups excluding carboxylic acids is 1. The molecule has 0 radical (unpaired) electrons. The molecule has 7 heteroatoms. The van der Waals surface area contributed by atoms with Gasteiger partial charge in [0.1, 0.15) is 5.82 Å². The minimum absolute atomic E-state index is 0.0140. The molecular weight excluding hydrogens is 340 g/mol. The molecule has 1 aliphatic rings. The molecule has 140 valence electrons. The molecule has 1 atom stereocenters. The number of nitrogens with zero attached hydrogens (tertiary/aromatic N) is 4. The van der Waals surface area contributed by atoms with Crippen LogP contribution in [0.5, 0.6) is 0 Å². The minimum atomic E-state index is -0.0180. The van der Waals surface area contributed by atoms with Crippen LogP contribution < -0.4 is 10.2 Å². The molecule has 0 fully saturated rings. The lowest BCUT2D eigenvalue weighted by Gasteiger charge is -2.26. The van der Waals surface area contributed by atoms with Gasteiger partial charge in [-0.25, -0.2) is 15.0 Å². The van der Waals surface area contributed by atoms with Gasteiger partial charge in [-0.2, -0.15) is 0 Å². The standard InChI is InChI=1S/C20H24N6O/c1-12-22-17-8-7-13(9-18(17)23-12)10-19(27)24-15-5-4-6-16-14(15)11-21-20(25-16)26(2)3/h7-9,11,15H,4-6,10H2,1-3H3,(H,22,23)(H,24,27)/t15-/m0/s1. The number of aryl methyl sites for hydroxylation is 2. The fraction of sp³-hybridized carbons (Fsp3) is 0.400. The van der Waals surface area contributed by atoms with E-state index in [0.29, 0.717) is 12.4 Å². The van der Waals surface area contributed by atoms with Gasteiger partial charge in [-0.1, -0.05) is 6.07 Å². The maximum absolute atomic E-state index is 12.6. The van der Waals surface area contributed by atoms with Crippen molar-refractivity contribution in [2.24, 2.45) is 0 Å². The van der Waals surface area contributed by atoms with Crippen LogP contribution in [0.4, 0.5) is 5.95 Å². The molecule has 0 unspecified atom stereocenters. The second-order valence-electron chi connectivity index (χ2n) is 7.33. The Bertz CT molecular complexity index is 993. The molecule has 0 saturated heterocycles. The normalized spacial score (nSPS) is 16.2. The topological polar surface area (TPSA) is 86.8 Å². The quantitative estimate of drug-likeness (QED) is 0.743. The molecule has 7 nitrogen and oxygen atoms in total. The summed E-state index contributed by atoms with van der Waals surface area (Å²) < 4.78 is 0. The summed E-state index contributed by atoms with van der Waals surface area (Å²) in [5.41, 5.74) is 4.94. The molecule has 3 aromatic rings. The molecule has 0 spiro atoms. The number of aromatic amines is 1. The van der Waals surface area contributed by atoms with E-state index in [9.17, 15) is 4.79 Å².